The van der Waals surface area contributed by atoms with Crippen LogP contribution in [0.1, 0.15) is 22.9 Å². The molecule has 2 atom stereocenters. The molecule has 1 aliphatic heterocycles. The Kier molecular flexibility index (Phi) is 7.20. The van der Waals surface area contributed by atoms with Gasteiger partial charge in [-0.05, 0) is 72.1 Å². The summed E-state index contributed by atoms with van der Waals surface area (Å²) >= 11 is 6.27. The Hall–Kier alpha value is -3.76. The zero-order valence-electron chi connectivity index (χ0n) is 19.7. The minimum Gasteiger partial charge on any atom is -0.761 e. The largest absolute Gasteiger partial charge is 0.761 e. The second-order valence-corrected chi connectivity index (χ2v) is 9.20. The summed E-state index contributed by atoms with van der Waals surface area (Å²) in [6.45, 7) is -0.0110. The molecule has 2 unspecified atom stereocenters. The Morgan fingerprint density at radius 3 is 2.57 bits per heavy atom. The summed E-state index contributed by atoms with van der Waals surface area (Å²) in [5, 5.41) is 31.0. The van der Waals surface area contributed by atoms with Crippen molar-refractivity contribution in [1.82, 2.24) is 9.88 Å². The Balaban J connectivity index is 1.48. The van der Waals surface area contributed by atoms with E-state index in [1.165, 1.54) is 12.1 Å². The zero-order chi connectivity index (χ0) is 25.9. The first kappa shape index (κ1) is 24.9. The number of fused-ring (bicyclic) bond motifs is 3. The average molecular weight is 523 g/mol. The summed E-state index contributed by atoms with van der Waals surface area (Å²) in [4.78, 5) is 18.5. The highest BCUT2D eigenvalue weighted by molar-refractivity contribution is 6.31. The molecule has 3 aromatic carbocycles. The lowest BCUT2D eigenvalue weighted by Gasteiger charge is -2.35. The molecular formula is C27H25ClN3O6-. The number of anilines is 1. The van der Waals surface area contributed by atoms with E-state index in [9.17, 15) is 15.1 Å². The number of H-pyrrole nitrogens is 1. The van der Waals surface area contributed by atoms with Crippen molar-refractivity contribution in [2.24, 2.45) is 0 Å². The van der Waals surface area contributed by atoms with Gasteiger partial charge in [-0.3, -0.25) is 4.90 Å². The number of aliphatic hydroxyl groups is 2. The van der Waals surface area contributed by atoms with Crippen LogP contribution >= 0.6 is 11.6 Å². The van der Waals surface area contributed by atoms with E-state index >= 15 is 0 Å². The van der Waals surface area contributed by atoms with Crippen LogP contribution in [-0.2, 0) is 6.42 Å². The normalized spacial score (nSPS) is 15.8. The average Bonchev–Trinajstić information content (AvgIpc) is 3.29. The van der Waals surface area contributed by atoms with E-state index in [-0.39, 0.29) is 13.2 Å². The number of carbonyl (C=O) groups excluding carboxylic acids is 1. The molecule has 37 heavy (non-hydrogen) atoms. The highest BCUT2D eigenvalue weighted by Gasteiger charge is 2.35. The van der Waals surface area contributed by atoms with Crippen molar-refractivity contribution in [3.8, 4) is 11.5 Å². The van der Waals surface area contributed by atoms with Gasteiger partial charge in [0, 0.05) is 33.9 Å². The van der Waals surface area contributed by atoms with Crippen molar-refractivity contribution in [1.29, 1.82) is 0 Å². The molecule has 9 nitrogen and oxygen atoms in total. The molecule has 1 amide bonds. The molecule has 1 aromatic heterocycles. The molecule has 0 fully saturated rings. The highest BCUT2D eigenvalue weighted by atomic mass is 35.5. The molecule has 10 heteroatoms. The SMILES string of the molecule is O=C(Oc1ccc(N[O-])cc1)N1CCc2c([nH]c3ccc(Cl)cc23)C1c1ccc(OCC(O)CO)cc1. The summed E-state index contributed by atoms with van der Waals surface area (Å²) in [6.07, 6.45) is -0.885. The number of hydrogen-bond donors (Lipinski definition) is 4. The van der Waals surface area contributed by atoms with Crippen molar-refractivity contribution in [2.75, 3.05) is 25.2 Å². The Bertz CT molecular complexity index is 1390. The van der Waals surface area contributed by atoms with Crippen LogP contribution in [0.3, 0.4) is 0 Å². The molecule has 2 heterocycles. The third kappa shape index (κ3) is 5.21. The van der Waals surface area contributed by atoms with Gasteiger partial charge in [-0.1, -0.05) is 23.7 Å². The fourth-order valence-corrected chi connectivity index (χ4v) is 4.72. The number of ether oxygens (including phenoxy) is 2. The van der Waals surface area contributed by atoms with Crippen LogP contribution in [0.4, 0.5) is 10.5 Å². The monoisotopic (exact) mass is 522 g/mol. The predicted octanol–water partition coefficient (Wildman–Crippen LogP) is 4.61. The number of nitrogens with one attached hydrogen (secondary N) is 2. The van der Waals surface area contributed by atoms with E-state index in [1.807, 2.05) is 30.3 Å². The molecule has 4 N–H and O–H groups in total. The number of amides is 1. The summed E-state index contributed by atoms with van der Waals surface area (Å²) in [7, 11) is 0. The van der Waals surface area contributed by atoms with Crippen LogP contribution in [0.2, 0.25) is 5.02 Å². The van der Waals surface area contributed by atoms with Crippen molar-refractivity contribution < 1.29 is 24.5 Å². The smallest absolute Gasteiger partial charge is 0.416 e. The van der Waals surface area contributed by atoms with Crippen LogP contribution in [0.15, 0.2) is 66.7 Å². The van der Waals surface area contributed by atoms with Crippen molar-refractivity contribution in [3.63, 3.8) is 0 Å². The maximum absolute atomic E-state index is 13.4. The van der Waals surface area contributed by atoms with Crippen LogP contribution < -0.4 is 15.0 Å². The summed E-state index contributed by atoms with van der Waals surface area (Å²) < 4.78 is 11.2. The maximum atomic E-state index is 13.4. The number of aromatic nitrogens is 1. The summed E-state index contributed by atoms with van der Waals surface area (Å²) in [5.41, 5.74) is 5.88. The van der Waals surface area contributed by atoms with Gasteiger partial charge in [-0.2, -0.15) is 0 Å². The van der Waals surface area contributed by atoms with Crippen LogP contribution in [-0.4, -0.2) is 52.1 Å². The standard InChI is InChI=1S/C27H25ClN3O6/c28-17-3-10-24-23(13-17)22-11-12-31(27(34)37-21-8-4-18(30-35)5-9-21)26(25(22)29-24)16-1-6-20(7-2-16)36-15-19(33)14-32/h1-10,13,19,26,29-30,32-33H,11-12,14-15H2/q-1. The van der Waals surface area contributed by atoms with Gasteiger partial charge < -0.3 is 35.4 Å². The summed E-state index contributed by atoms with van der Waals surface area (Å²) in [5.74, 6) is 0.847. The maximum Gasteiger partial charge on any atom is 0.416 e. The minimum atomic E-state index is -0.970. The molecule has 0 saturated heterocycles. The lowest BCUT2D eigenvalue weighted by atomic mass is 9.92. The predicted molar refractivity (Wildman–Crippen MR) is 140 cm³/mol. The lowest BCUT2D eigenvalue weighted by Crippen LogP contribution is -2.42. The molecular weight excluding hydrogens is 498 g/mol. The number of halogens is 1. The van der Waals surface area contributed by atoms with Crippen LogP contribution in [0, 0.1) is 5.21 Å². The number of carbonyl (C=O) groups is 1. The van der Waals surface area contributed by atoms with Gasteiger partial charge in [-0.15, -0.1) is 0 Å². The first-order valence-electron chi connectivity index (χ1n) is 11.7. The van der Waals surface area contributed by atoms with Gasteiger partial charge in [0.15, 0.2) is 0 Å². The van der Waals surface area contributed by atoms with Crippen molar-refractivity contribution in [2.45, 2.75) is 18.6 Å². The van der Waals surface area contributed by atoms with Crippen molar-refractivity contribution in [3.05, 3.63) is 93.8 Å². The van der Waals surface area contributed by atoms with Gasteiger partial charge in [-0.25, -0.2) is 4.79 Å². The van der Waals surface area contributed by atoms with E-state index in [0.717, 1.165) is 27.7 Å². The molecule has 5 rings (SSSR count). The fourth-order valence-electron chi connectivity index (χ4n) is 4.55. The van der Waals surface area contributed by atoms with Crippen LogP contribution in [0.5, 0.6) is 11.5 Å². The Labute approximate surface area is 217 Å². The number of rotatable bonds is 7. The number of hydrogen-bond acceptors (Lipinski definition) is 7. The third-order valence-electron chi connectivity index (χ3n) is 6.35. The first-order chi connectivity index (χ1) is 18.0. The zero-order valence-corrected chi connectivity index (χ0v) is 20.4. The molecule has 192 valence electrons. The van der Waals surface area contributed by atoms with Gasteiger partial charge >= 0.3 is 6.09 Å². The van der Waals surface area contributed by atoms with E-state index < -0.39 is 18.2 Å². The number of aliphatic hydroxyl groups excluding tert-OH is 2. The molecule has 0 spiro atoms. The van der Waals surface area contributed by atoms with Crippen molar-refractivity contribution >= 4 is 34.3 Å². The van der Waals surface area contributed by atoms with Gasteiger partial charge in [0.25, 0.3) is 0 Å². The molecule has 1 aliphatic rings. The number of benzene rings is 3. The van der Waals surface area contributed by atoms with Gasteiger partial charge in [0.05, 0.1) is 6.61 Å². The highest BCUT2D eigenvalue weighted by Crippen LogP contribution is 2.40. The summed E-state index contributed by atoms with van der Waals surface area (Å²) in [6, 6.07) is 18.6. The Morgan fingerprint density at radius 1 is 1.14 bits per heavy atom. The molecule has 0 saturated carbocycles. The van der Waals surface area contributed by atoms with E-state index in [2.05, 4.69) is 4.98 Å². The quantitative estimate of drug-likeness (QED) is 0.261. The van der Waals surface area contributed by atoms with Gasteiger partial charge in [0.1, 0.15) is 30.3 Å². The second-order valence-electron chi connectivity index (χ2n) is 8.76. The van der Waals surface area contributed by atoms with E-state index in [1.54, 1.807) is 34.6 Å². The second kappa shape index (κ2) is 10.7. The molecule has 0 radical (unpaired) electrons. The topological polar surface area (TPSA) is 130 Å². The lowest BCUT2D eigenvalue weighted by molar-refractivity contribution is 0.0536. The fraction of sp³-hybridized carbons (Fsp3) is 0.222. The molecule has 0 aliphatic carbocycles. The van der Waals surface area contributed by atoms with Gasteiger partial charge in [0.2, 0.25) is 0 Å². The first-order valence-corrected chi connectivity index (χ1v) is 12.1. The van der Waals surface area contributed by atoms with E-state index in [4.69, 9.17) is 26.2 Å². The van der Waals surface area contributed by atoms with Crippen LogP contribution in [0.25, 0.3) is 10.9 Å². The number of aromatic amines is 1. The molecule has 4 aromatic rings. The Morgan fingerprint density at radius 2 is 1.86 bits per heavy atom. The third-order valence-corrected chi connectivity index (χ3v) is 6.58. The number of nitrogens with zero attached hydrogens (tertiary/aromatic N) is 1. The minimum absolute atomic E-state index is 0.0364. The molecule has 0 bridgehead atoms. The van der Waals surface area contributed by atoms with E-state index in [0.29, 0.717) is 35.2 Å².